The molecule has 0 saturated carbocycles. The molecule has 4 rings (SSSR count). The number of hydrogen-bond donors (Lipinski definition) is 3. The number of benzene rings is 2. The van der Waals surface area contributed by atoms with Crippen LogP contribution in [0.5, 0.6) is 0 Å². The third-order valence-electron chi connectivity index (χ3n) is 7.12. The number of carboxylic acids is 2. The van der Waals surface area contributed by atoms with E-state index in [0.29, 0.717) is 45.8 Å². The van der Waals surface area contributed by atoms with E-state index in [4.69, 9.17) is 38.7 Å². The topological polar surface area (TPSA) is 144 Å². The zero-order valence-corrected chi connectivity index (χ0v) is 24.5. The van der Waals surface area contributed by atoms with Gasteiger partial charge >= 0.3 is 11.9 Å². The molecule has 230 valence electrons. The number of nitrogens with one attached hydrogen (secondary N) is 1. The van der Waals surface area contributed by atoms with E-state index in [1.165, 1.54) is 0 Å². The van der Waals surface area contributed by atoms with E-state index in [1.807, 2.05) is 86.3 Å². The maximum atomic E-state index is 13.5. The van der Waals surface area contributed by atoms with Crippen molar-refractivity contribution in [2.24, 2.45) is 0 Å². The third-order valence-corrected chi connectivity index (χ3v) is 7.12. The van der Waals surface area contributed by atoms with Gasteiger partial charge in [-0.15, -0.1) is 0 Å². The lowest BCUT2D eigenvalue weighted by Gasteiger charge is -2.35. The van der Waals surface area contributed by atoms with Crippen LogP contribution in [0.4, 0.5) is 0 Å². The number of carboxylic acid groups (broad SMARTS) is 2. The lowest BCUT2D eigenvalue weighted by molar-refractivity contribution is -0.179. The van der Waals surface area contributed by atoms with Crippen LogP contribution in [0.2, 0.25) is 0 Å². The summed E-state index contributed by atoms with van der Waals surface area (Å²) in [6.45, 7) is 10.1. The molecule has 11 nitrogen and oxygen atoms in total. The minimum absolute atomic E-state index is 0.0404. The highest BCUT2D eigenvalue weighted by atomic mass is 16.8. The summed E-state index contributed by atoms with van der Waals surface area (Å²) in [5, 5.41) is 18.1. The molecule has 0 bridgehead atoms. The molecule has 0 spiro atoms. The van der Waals surface area contributed by atoms with E-state index in [0.717, 1.165) is 24.2 Å². The number of carbonyl (C=O) groups is 3. The summed E-state index contributed by atoms with van der Waals surface area (Å²) in [7, 11) is 0. The zero-order valence-electron chi connectivity index (χ0n) is 24.5. The Kier molecular flexibility index (Phi) is 12.4. The van der Waals surface area contributed by atoms with Crippen LogP contribution in [0, 0.1) is 0 Å². The van der Waals surface area contributed by atoms with Crippen LogP contribution in [-0.4, -0.2) is 89.3 Å². The fraction of sp³-hybridized carbons (Fsp3) is 0.516. The van der Waals surface area contributed by atoms with Crippen molar-refractivity contribution in [3.63, 3.8) is 0 Å². The molecule has 2 aromatic carbocycles. The molecule has 0 radical (unpaired) electrons. The molecule has 2 aliphatic rings. The first-order valence-electron chi connectivity index (χ1n) is 14.1. The average Bonchev–Trinajstić information content (AvgIpc) is 3.21. The minimum atomic E-state index is -1.82. The van der Waals surface area contributed by atoms with Crippen molar-refractivity contribution in [1.29, 1.82) is 0 Å². The number of aliphatic carboxylic acids is 2. The maximum absolute atomic E-state index is 13.5. The maximum Gasteiger partial charge on any atom is 0.414 e. The van der Waals surface area contributed by atoms with Crippen LogP contribution in [0.25, 0.3) is 0 Å². The SMILES string of the molecule is C[C@H]1OC(C)(C)O[C@]1(CCC(OCc1ccccc1)C(=O)N1CCNCC1)COCc1ccccc1.O=C(O)C(=O)O. The molecule has 2 aliphatic heterocycles. The lowest BCUT2D eigenvalue weighted by Crippen LogP contribution is -2.51. The molecule has 2 aromatic rings. The van der Waals surface area contributed by atoms with Crippen molar-refractivity contribution in [3.05, 3.63) is 71.8 Å². The molecule has 2 fully saturated rings. The number of nitrogens with zero attached hydrogens (tertiary/aromatic N) is 1. The first-order chi connectivity index (χ1) is 20.0. The van der Waals surface area contributed by atoms with E-state index in [9.17, 15) is 4.79 Å². The summed E-state index contributed by atoms with van der Waals surface area (Å²) in [5.41, 5.74) is 1.49. The van der Waals surface area contributed by atoms with E-state index in [-0.39, 0.29) is 12.0 Å². The summed E-state index contributed by atoms with van der Waals surface area (Å²) < 4.78 is 25.1. The Morgan fingerprint density at radius 3 is 2.00 bits per heavy atom. The minimum Gasteiger partial charge on any atom is -0.473 e. The van der Waals surface area contributed by atoms with Gasteiger partial charge in [0, 0.05) is 26.2 Å². The number of ether oxygens (including phenoxy) is 4. The summed E-state index contributed by atoms with van der Waals surface area (Å²) in [6.07, 6.45) is 0.360. The quantitative estimate of drug-likeness (QED) is 0.336. The predicted molar refractivity (Wildman–Crippen MR) is 154 cm³/mol. The number of rotatable bonds is 11. The molecule has 0 aliphatic carbocycles. The lowest BCUT2D eigenvalue weighted by atomic mass is 9.91. The number of hydrogen-bond acceptors (Lipinski definition) is 8. The van der Waals surface area contributed by atoms with E-state index < -0.39 is 29.4 Å². The van der Waals surface area contributed by atoms with Gasteiger partial charge in [-0.1, -0.05) is 60.7 Å². The summed E-state index contributed by atoms with van der Waals surface area (Å²) >= 11 is 0. The van der Waals surface area contributed by atoms with Crippen LogP contribution in [0.1, 0.15) is 44.7 Å². The largest absolute Gasteiger partial charge is 0.473 e. The second kappa shape index (κ2) is 15.8. The van der Waals surface area contributed by atoms with Crippen LogP contribution in [-0.2, 0) is 46.5 Å². The normalized spacial score (nSPS) is 22.1. The molecule has 3 N–H and O–H groups in total. The number of piperazine rings is 1. The number of amides is 1. The van der Waals surface area contributed by atoms with Crippen molar-refractivity contribution < 1.29 is 43.5 Å². The highest BCUT2D eigenvalue weighted by Gasteiger charge is 2.51. The average molecular weight is 587 g/mol. The van der Waals surface area contributed by atoms with Crippen molar-refractivity contribution in [3.8, 4) is 0 Å². The van der Waals surface area contributed by atoms with Gasteiger partial charge < -0.3 is 39.4 Å². The second-order valence-electron chi connectivity index (χ2n) is 10.8. The first kappa shape index (κ1) is 33.2. The monoisotopic (exact) mass is 586 g/mol. The van der Waals surface area contributed by atoms with Gasteiger partial charge in [-0.2, -0.15) is 0 Å². The van der Waals surface area contributed by atoms with Gasteiger partial charge in [0.2, 0.25) is 0 Å². The zero-order chi connectivity index (χ0) is 30.6. The summed E-state index contributed by atoms with van der Waals surface area (Å²) in [4.78, 5) is 33.6. The van der Waals surface area contributed by atoms with Gasteiger partial charge in [-0.25, -0.2) is 9.59 Å². The van der Waals surface area contributed by atoms with E-state index in [1.54, 1.807) is 0 Å². The Bertz CT molecular complexity index is 1130. The molecule has 3 atom stereocenters. The van der Waals surface area contributed by atoms with Crippen LogP contribution < -0.4 is 5.32 Å². The van der Waals surface area contributed by atoms with Gasteiger partial charge in [0.05, 0.1) is 25.9 Å². The summed E-state index contributed by atoms with van der Waals surface area (Å²) in [5.74, 6) is -4.33. The van der Waals surface area contributed by atoms with E-state index >= 15 is 0 Å². The van der Waals surface area contributed by atoms with Crippen molar-refractivity contribution >= 4 is 17.8 Å². The van der Waals surface area contributed by atoms with Crippen molar-refractivity contribution in [1.82, 2.24) is 10.2 Å². The number of carbonyl (C=O) groups excluding carboxylic acids is 1. The first-order valence-corrected chi connectivity index (χ1v) is 14.1. The molecule has 1 unspecified atom stereocenters. The summed E-state index contributed by atoms with van der Waals surface area (Å²) in [6, 6.07) is 20.1. The third kappa shape index (κ3) is 10.2. The highest BCUT2D eigenvalue weighted by molar-refractivity contribution is 6.27. The molecular formula is C31H42N2O9. The smallest absolute Gasteiger partial charge is 0.414 e. The van der Waals surface area contributed by atoms with Crippen molar-refractivity contribution in [2.75, 3.05) is 32.8 Å². The molecule has 2 heterocycles. The molecule has 42 heavy (non-hydrogen) atoms. The molecule has 1 amide bonds. The standard InChI is InChI=1S/C29H40N2O5.C2H2O4/c1-23-29(36-28(2,3)35-23,22-33-20-24-10-6-4-7-11-24)15-14-26(27(32)31-18-16-30-17-19-31)34-21-25-12-8-5-9-13-25;3-1(4)2(5)6/h4-13,23,26,30H,14-22H2,1-3H3;(H,3,4)(H,5,6)/t23-,26?,29-;/m1./s1. The second-order valence-corrected chi connectivity index (χ2v) is 10.8. The Labute approximate surface area is 246 Å². The van der Waals surface area contributed by atoms with Crippen LogP contribution in [0.15, 0.2) is 60.7 Å². The fourth-order valence-electron chi connectivity index (χ4n) is 5.03. The molecule has 0 aromatic heterocycles. The van der Waals surface area contributed by atoms with Gasteiger partial charge in [0.1, 0.15) is 11.7 Å². The van der Waals surface area contributed by atoms with Gasteiger partial charge in [0.15, 0.2) is 5.79 Å². The molecule has 11 heteroatoms. The fourth-order valence-corrected chi connectivity index (χ4v) is 5.03. The van der Waals surface area contributed by atoms with E-state index in [2.05, 4.69) is 5.32 Å². The Morgan fingerprint density at radius 1 is 0.952 bits per heavy atom. The Balaban J connectivity index is 0.000000730. The highest BCUT2D eigenvalue weighted by Crippen LogP contribution is 2.40. The van der Waals surface area contributed by atoms with Gasteiger partial charge in [0.25, 0.3) is 5.91 Å². The van der Waals surface area contributed by atoms with Crippen molar-refractivity contribution in [2.45, 2.75) is 70.4 Å². The van der Waals surface area contributed by atoms with Crippen LogP contribution in [0.3, 0.4) is 0 Å². The van der Waals surface area contributed by atoms with Gasteiger partial charge in [-0.3, -0.25) is 4.79 Å². The molecule has 2 saturated heterocycles. The predicted octanol–water partition coefficient (Wildman–Crippen LogP) is 3.07. The Morgan fingerprint density at radius 2 is 1.50 bits per heavy atom. The van der Waals surface area contributed by atoms with Gasteiger partial charge in [-0.05, 0) is 44.7 Å². The molecular weight excluding hydrogens is 544 g/mol. The van der Waals surface area contributed by atoms with Crippen LogP contribution >= 0.6 is 0 Å². The Hall–Kier alpha value is -3.35.